The van der Waals surface area contributed by atoms with Crippen LogP contribution in [-0.2, 0) is 9.53 Å². The van der Waals surface area contributed by atoms with E-state index in [0.717, 1.165) is 25.7 Å². The summed E-state index contributed by atoms with van der Waals surface area (Å²) < 4.78 is 4.53. The predicted molar refractivity (Wildman–Crippen MR) is 46.5 cm³/mol. The summed E-state index contributed by atoms with van der Waals surface area (Å²) in [5.41, 5.74) is 4.30. The van der Waals surface area contributed by atoms with Crippen molar-refractivity contribution >= 4 is 5.97 Å². The number of carbonyl (C=O) groups excluding carboxylic acids is 1. The number of hydrogen-bond donors (Lipinski definition) is 1. The first-order chi connectivity index (χ1) is 6.15. The Bertz CT molecular complexity index is 240. The lowest BCUT2D eigenvalue weighted by molar-refractivity contribution is -0.146. The van der Waals surface area contributed by atoms with Gasteiger partial charge in [0.25, 0.3) is 0 Å². The zero-order chi connectivity index (χ0) is 9.90. The molecule has 0 bridgehead atoms. The molecule has 0 aromatic carbocycles. The molecule has 2 N–H and O–H groups in total. The van der Waals surface area contributed by atoms with Crippen LogP contribution in [-0.4, -0.2) is 18.6 Å². The van der Waals surface area contributed by atoms with Gasteiger partial charge >= 0.3 is 5.97 Å². The van der Waals surface area contributed by atoms with Crippen molar-refractivity contribution in [2.45, 2.75) is 31.2 Å². The molecule has 1 aliphatic rings. The van der Waals surface area contributed by atoms with Crippen molar-refractivity contribution in [3.05, 3.63) is 0 Å². The van der Waals surface area contributed by atoms with Gasteiger partial charge in [-0.3, -0.25) is 0 Å². The molecule has 0 amide bonds. The van der Waals surface area contributed by atoms with E-state index in [4.69, 9.17) is 11.0 Å². The van der Waals surface area contributed by atoms with Crippen LogP contribution in [0.15, 0.2) is 0 Å². The zero-order valence-electron chi connectivity index (χ0n) is 7.75. The Hall–Kier alpha value is -1.08. The third-order valence-corrected chi connectivity index (χ3v) is 2.71. The average molecular weight is 182 g/mol. The van der Waals surface area contributed by atoms with E-state index in [0.29, 0.717) is 0 Å². The zero-order valence-corrected chi connectivity index (χ0v) is 7.75. The third-order valence-electron chi connectivity index (χ3n) is 2.71. The molecule has 0 radical (unpaired) electrons. The fraction of sp³-hybridized carbons (Fsp3) is 0.778. The lowest BCUT2D eigenvalue weighted by atomic mass is 9.85. The number of methoxy groups -OCH3 is 1. The largest absolute Gasteiger partial charge is 0.467 e. The smallest absolute Gasteiger partial charge is 0.341 e. The lowest BCUT2D eigenvalue weighted by Crippen LogP contribution is -2.52. The van der Waals surface area contributed by atoms with E-state index in [1.165, 1.54) is 7.11 Å². The van der Waals surface area contributed by atoms with Gasteiger partial charge in [0.15, 0.2) is 0 Å². The van der Waals surface area contributed by atoms with E-state index in [2.05, 4.69) is 4.74 Å². The summed E-state index contributed by atoms with van der Waals surface area (Å²) in [6, 6.07) is 1.87. The second-order valence-corrected chi connectivity index (χ2v) is 3.45. The number of rotatable bonds is 2. The number of hydrogen-bond acceptors (Lipinski definition) is 4. The van der Waals surface area contributed by atoms with Crippen LogP contribution in [0.25, 0.3) is 0 Å². The van der Waals surface area contributed by atoms with Gasteiger partial charge in [0.2, 0.25) is 5.54 Å². The van der Waals surface area contributed by atoms with Crippen LogP contribution in [0, 0.1) is 17.2 Å². The Morgan fingerprint density at radius 3 is 2.54 bits per heavy atom. The molecule has 0 aromatic heterocycles. The number of nitriles is 1. The molecule has 1 rings (SSSR count). The Balaban J connectivity index is 2.80. The minimum Gasteiger partial charge on any atom is -0.467 e. The number of ether oxygens (including phenoxy) is 1. The summed E-state index contributed by atoms with van der Waals surface area (Å²) in [7, 11) is 1.26. The molecule has 72 valence electrons. The molecule has 0 spiro atoms. The summed E-state index contributed by atoms with van der Waals surface area (Å²) in [5, 5.41) is 8.87. The summed E-state index contributed by atoms with van der Waals surface area (Å²) in [6.07, 6.45) is 3.78. The first-order valence-corrected chi connectivity index (χ1v) is 4.43. The fourth-order valence-electron chi connectivity index (χ4n) is 1.85. The second kappa shape index (κ2) is 3.75. The number of nitrogens with two attached hydrogens (primary N) is 1. The summed E-state index contributed by atoms with van der Waals surface area (Å²) in [4.78, 5) is 11.3. The van der Waals surface area contributed by atoms with Crippen molar-refractivity contribution < 1.29 is 9.53 Å². The molecule has 4 heteroatoms. The molecule has 1 saturated carbocycles. The van der Waals surface area contributed by atoms with Gasteiger partial charge in [0.05, 0.1) is 13.2 Å². The summed E-state index contributed by atoms with van der Waals surface area (Å²) in [5.74, 6) is -0.646. The molecular weight excluding hydrogens is 168 g/mol. The Morgan fingerprint density at radius 1 is 1.62 bits per heavy atom. The van der Waals surface area contributed by atoms with Gasteiger partial charge in [0.1, 0.15) is 0 Å². The van der Waals surface area contributed by atoms with Crippen molar-refractivity contribution in [3.63, 3.8) is 0 Å². The van der Waals surface area contributed by atoms with Gasteiger partial charge in [0, 0.05) is 5.92 Å². The quantitative estimate of drug-likeness (QED) is 0.633. The molecule has 1 aliphatic carbocycles. The molecule has 0 aromatic rings. The summed E-state index contributed by atoms with van der Waals surface area (Å²) in [6.45, 7) is 0. The molecule has 1 fully saturated rings. The minimum absolute atomic E-state index is 0.0371. The van der Waals surface area contributed by atoms with Crippen LogP contribution in [0.5, 0.6) is 0 Å². The third kappa shape index (κ3) is 1.65. The topological polar surface area (TPSA) is 76.1 Å². The fourth-order valence-corrected chi connectivity index (χ4v) is 1.85. The molecule has 1 unspecified atom stereocenters. The van der Waals surface area contributed by atoms with Gasteiger partial charge in [-0.25, -0.2) is 4.79 Å². The predicted octanol–water partition coefficient (Wildman–Crippen LogP) is 0.571. The van der Waals surface area contributed by atoms with E-state index < -0.39 is 11.5 Å². The minimum atomic E-state index is -1.43. The van der Waals surface area contributed by atoms with Crippen LogP contribution in [0.4, 0.5) is 0 Å². The standard InChI is InChI=1S/C9H14N2O2/c1-13-8(12)9(11,6-10)7-4-2-3-5-7/h7H,2-5,11H2,1H3. The van der Waals surface area contributed by atoms with Crippen molar-refractivity contribution in [1.82, 2.24) is 0 Å². The van der Waals surface area contributed by atoms with Crippen LogP contribution < -0.4 is 5.73 Å². The number of carbonyl (C=O) groups is 1. The van der Waals surface area contributed by atoms with Gasteiger partial charge in [-0.2, -0.15) is 5.26 Å². The van der Waals surface area contributed by atoms with Crippen LogP contribution in [0.2, 0.25) is 0 Å². The highest BCUT2D eigenvalue weighted by atomic mass is 16.5. The second-order valence-electron chi connectivity index (χ2n) is 3.45. The Labute approximate surface area is 77.7 Å². The van der Waals surface area contributed by atoms with Crippen LogP contribution in [0.1, 0.15) is 25.7 Å². The van der Waals surface area contributed by atoms with Crippen molar-refractivity contribution in [3.8, 4) is 6.07 Å². The van der Waals surface area contributed by atoms with Gasteiger partial charge in [-0.15, -0.1) is 0 Å². The highest BCUT2D eigenvalue weighted by Gasteiger charge is 2.44. The summed E-state index contributed by atoms with van der Waals surface area (Å²) >= 11 is 0. The molecule has 13 heavy (non-hydrogen) atoms. The van der Waals surface area contributed by atoms with Gasteiger partial charge in [-0.05, 0) is 12.8 Å². The lowest BCUT2D eigenvalue weighted by Gasteiger charge is -2.24. The first-order valence-electron chi connectivity index (χ1n) is 4.43. The van der Waals surface area contributed by atoms with Crippen molar-refractivity contribution in [2.24, 2.45) is 11.7 Å². The van der Waals surface area contributed by atoms with E-state index in [9.17, 15) is 4.79 Å². The molecule has 0 heterocycles. The highest BCUT2D eigenvalue weighted by Crippen LogP contribution is 2.33. The SMILES string of the molecule is COC(=O)C(N)(C#N)C1CCCC1. The van der Waals surface area contributed by atoms with E-state index in [1.807, 2.05) is 6.07 Å². The van der Waals surface area contributed by atoms with Crippen molar-refractivity contribution in [1.29, 1.82) is 5.26 Å². The number of nitrogens with zero attached hydrogens (tertiary/aromatic N) is 1. The van der Waals surface area contributed by atoms with E-state index in [-0.39, 0.29) is 5.92 Å². The molecule has 1 atom stereocenters. The van der Waals surface area contributed by atoms with E-state index >= 15 is 0 Å². The number of esters is 1. The average Bonchev–Trinajstić information content (AvgIpc) is 2.68. The molecule has 0 aliphatic heterocycles. The molecule has 4 nitrogen and oxygen atoms in total. The van der Waals surface area contributed by atoms with Gasteiger partial charge < -0.3 is 10.5 Å². The van der Waals surface area contributed by atoms with Crippen LogP contribution >= 0.6 is 0 Å². The Morgan fingerprint density at radius 2 is 2.15 bits per heavy atom. The maximum Gasteiger partial charge on any atom is 0.341 e. The first kappa shape index (κ1) is 10.0. The monoisotopic (exact) mass is 182 g/mol. The molecule has 0 saturated heterocycles. The maximum absolute atomic E-state index is 11.3. The molecular formula is C9H14N2O2. The van der Waals surface area contributed by atoms with Crippen LogP contribution in [0.3, 0.4) is 0 Å². The van der Waals surface area contributed by atoms with E-state index in [1.54, 1.807) is 0 Å². The maximum atomic E-state index is 11.3. The van der Waals surface area contributed by atoms with Gasteiger partial charge in [-0.1, -0.05) is 12.8 Å². The highest BCUT2D eigenvalue weighted by molar-refractivity contribution is 5.84. The van der Waals surface area contributed by atoms with Crippen molar-refractivity contribution in [2.75, 3.05) is 7.11 Å². The Kier molecular flexibility index (Phi) is 2.89. The normalized spacial score (nSPS) is 21.9.